The number of amides is 2. The second-order valence-corrected chi connectivity index (χ2v) is 6.45. The molecule has 0 atom stereocenters. The van der Waals surface area contributed by atoms with Crippen molar-refractivity contribution in [2.45, 2.75) is 0 Å². The summed E-state index contributed by atoms with van der Waals surface area (Å²) >= 11 is 0. The molecule has 28 heavy (non-hydrogen) atoms. The Hall–Kier alpha value is -2.84. The molecule has 0 aliphatic carbocycles. The van der Waals surface area contributed by atoms with Crippen LogP contribution in [0, 0.1) is 11.6 Å². The minimum absolute atomic E-state index is 0.232. The highest BCUT2D eigenvalue weighted by Crippen LogP contribution is 2.18. The third kappa shape index (κ3) is 4.90. The van der Waals surface area contributed by atoms with Crippen LogP contribution in [-0.4, -0.2) is 56.0 Å². The fraction of sp³-hybridized carbons (Fsp3) is 0.300. The zero-order valence-corrected chi connectivity index (χ0v) is 15.3. The third-order valence-electron chi connectivity index (χ3n) is 4.54. The minimum atomic E-state index is -1.22. The fourth-order valence-electron chi connectivity index (χ4n) is 3.02. The van der Waals surface area contributed by atoms with E-state index in [-0.39, 0.29) is 17.2 Å². The zero-order chi connectivity index (χ0) is 19.9. The van der Waals surface area contributed by atoms with E-state index < -0.39 is 23.1 Å². The predicted molar refractivity (Wildman–Crippen MR) is 102 cm³/mol. The maximum Gasteiger partial charge on any atom is 0.258 e. The quantitative estimate of drug-likeness (QED) is 0.706. The first-order valence-corrected chi connectivity index (χ1v) is 9.12. The Kier molecular flexibility index (Phi) is 6.67. The lowest BCUT2D eigenvalue weighted by Gasteiger charge is -2.27. The average Bonchev–Trinajstić information content (AvgIpc) is 2.71. The number of piperazine rings is 1. The van der Waals surface area contributed by atoms with E-state index in [1.54, 1.807) is 24.3 Å². The van der Waals surface area contributed by atoms with Crippen LogP contribution in [-0.2, 0) is 0 Å². The van der Waals surface area contributed by atoms with E-state index in [2.05, 4.69) is 20.9 Å². The molecule has 2 aromatic carbocycles. The summed E-state index contributed by atoms with van der Waals surface area (Å²) in [5.74, 6) is -3.49. The number of carbonyl (C=O) groups excluding carboxylic acids is 2. The van der Waals surface area contributed by atoms with Crippen molar-refractivity contribution in [3.05, 3.63) is 65.2 Å². The molecule has 1 aliphatic rings. The average molecular weight is 388 g/mol. The molecule has 0 radical (unpaired) electrons. The van der Waals surface area contributed by atoms with Crippen molar-refractivity contribution in [3.63, 3.8) is 0 Å². The van der Waals surface area contributed by atoms with Crippen LogP contribution < -0.4 is 16.0 Å². The molecule has 1 fully saturated rings. The van der Waals surface area contributed by atoms with Gasteiger partial charge in [0.2, 0.25) is 0 Å². The number of para-hydroxylation sites is 1. The second-order valence-electron chi connectivity index (χ2n) is 6.45. The van der Waals surface area contributed by atoms with Crippen molar-refractivity contribution >= 4 is 17.5 Å². The van der Waals surface area contributed by atoms with Crippen molar-refractivity contribution < 1.29 is 18.4 Å². The molecule has 3 rings (SSSR count). The Morgan fingerprint density at radius 1 is 0.964 bits per heavy atom. The largest absolute Gasteiger partial charge is 0.351 e. The molecule has 8 heteroatoms. The first kappa shape index (κ1) is 19.9. The molecule has 3 N–H and O–H groups in total. The van der Waals surface area contributed by atoms with Crippen LogP contribution in [0.5, 0.6) is 0 Å². The van der Waals surface area contributed by atoms with Gasteiger partial charge in [0.15, 0.2) is 11.6 Å². The summed E-state index contributed by atoms with van der Waals surface area (Å²) in [7, 11) is 0. The monoisotopic (exact) mass is 388 g/mol. The normalized spacial score (nSPS) is 14.5. The van der Waals surface area contributed by atoms with E-state index in [0.717, 1.165) is 38.8 Å². The molecule has 1 heterocycles. The lowest BCUT2D eigenvalue weighted by atomic mass is 10.1. The summed E-state index contributed by atoms with van der Waals surface area (Å²) in [5.41, 5.74) is 0.0673. The van der Waals surface area contributed by atoms with E-state index in [0.29, 0.717) is 6.54 Å². The molecule has 2 aromatic rings. The van der Waals surface area contributed by atoms with Gasteiger partial charge in [-0.15, -0.1) is 0 Å². The lowest BCUT2D eigenvalue weighted by Crippen LogP contribution is -2.46. The summed E-state index contributed by atoms with van der Waals surface area (Å²) in [6.45, 7) is 4.93. The standard InChI is InChI=1S/C20H22F2N4O2/c21-16-6-3-5-15(18(16)22)20(28)25-17-7-2-1-4-14(17)19(27)24-10-13-26-11-8-23-9-12-26/h1-7,23H,8-13H2,(H,24,27)(H,25,28). The number of rotatable bonds is 6. The van der Waals surface area contributed by atoms with Gasteiger partial charge in [0.25, 0.3) is 11.8 Å². The number of nitrogens with zero attached hydrogens (tertiary/aromatic N) is 1. The number of anilines is 1. The van der Waals surface area contributed by atoms with E-state index in [9.17, 15) is 18.4 Å². The number of halogens is 2. The molecular formula is C20H22F2N4O2. The van der Waals surface area contributed by atoms with Gasteiger partial charge in [0.1, 0.15) is 0 Å². The summed E-state index contributed by atoms with van der Waals surface area (Å²) in [6.07, 6.45) is 0. The smallest absolute Gasteiger partial charge is 0.258 e. The molecule has 1 saturated heterocycles. The molecule has 0 saturated carbocycles. The van der Waals surface area contributed by atoms with Gasteiger partial charge in [0, 0.05) is 39.3 Å². The van der Waals surface area contributed by atoms with Gasteiger partial charge in [-0.2, -0.15) is 0 Å². The van der Waals surface area contributed by atoms with Crippen LogP contribution in [0.1, 0.15) is 20.7 Å². The minimum Gasteiger partial charge on any atom is -0.351 e. The van der Waals surface area contributed by atoms with Crippen LogP contribution in [0.15, 0.2) is 42.5 Å². The van der Waals surface area contributed by atoms with Gasteiger partial charge in [0.05, 0.1) is 16.8 Å². The van der Waals surface area contributed by atoms with Crippen molar-refractivity contribution in [1.29, 1.82) is 0 Å². The molecule has 6 nitrogen and oxygen atoms in total. The highest BCUT2D eigenvalue weighted by molar-refractivity contribution is 6.09. The van der Waals surface area contributed by atoms with Crippen LogP contribution in [0.2, 0.25) is 0 Å². The van der Waals surface area contributed by atoms with Crippen molar-refractivity contribution in [2.24, 2.45) is 0 Å². The van der Waals surface area contributed by atoms with Crippen LogP contribution in [0.25, 0.3) is 0 Å². The third-order valence-corrected chi connectivity index (χ3v) is 4.54. The number of carbonyl (C=O) groups is 2. The van der Waals surface area contributed by atoms with Crippen molar-refractivity contribution in [3.8, 4) is 0 Å². The highest BCUT2D eigenvalue weighted by atomic mass is 19.2. The van der Waals surface area contributed by atoms with Gasteiger partial charge >= 0.3 is 0 Å². The highest BCUT2D eigenvalue weighted by Gasteiger charge is 2.18. The Labute approximate surface area is 161 Å². The van der Waals surface area contributed by atoms with Crippen molar-refractivity contribution in [1.82, 2.24) is 15.5 Å². The van der Waals surface area contributed by atoms with Crippen molar-refractivity contribution in [2.75, 3.05) is 44.6 Å². The Morgan fingerprint density at radius 3 is 2.46 bits per heavy atom. The summed E-state index contributed by atoms with van der Waals surface area (Å²) < 4.78 is 27.2. The first-order valence-electron chi connectivity index (χ1n) is 9.12. The number of nitrogens with one attached hydrogen (secondary N) is 3. The number of hydrogen-bond donors (Lipinski definition) is 3. The molecule has 148 valence electrons. The van der Waals surface area contributed by atoms with Gasteiger partial charge in [-0.25, -0.2) is 8.78 Å². The van der Waals surface area contributed by atoms with E-state index in [4.69, 9.17) is 0 Å². The number of benzene rings is 2. The van der Waals surface area contributed by atoms with Crippen LogP contribution in [0.3, 0.4) is 0 Å². The van der Waals surface area contributed by atoms with Gasteiger partial charge < -0.3 is 16.0 Å². The lowest BCUT2D eigenvalue weighted by molar-refractivity contribution is 0.0948. The molecular weight excluding hydrogens is 366 g/mol. The first-order chi connectivity index (χ1) is 13.6. The second kappa shape index (κ2) is 9.38. The SMILES string of the molecule is O=C(NCCN1CCNCC1)c1ccccc1NC(=O)c1cccc(F)c1F. The summed E-state index contributed by atoms with van der Waals surface area (Å²) in [6, 6.07) is 9.80. The fourth-order valence-corrected chi connectivity index (χ4v) is 3.02. The molecule has 0 spiro atoms. The van der Waals surface area contributed by atoms with Gasteiger partial charge in [-0.1, -0.05) is 18.2 Å². The molecule has 0 aromatic heterocycles. The topological polar surface area (TPSA) is 73.5 Å². The number of hydrogen-bond acceptors (Lipinski definition) is 4. The van der Waals surface area contributed by atoms with E-state index >= 15 is 0 Å². The molecule has 2 amide bonds. The van der Waals surface area contributed by atoms with Gasteiger partial charge in [-0.05, 0) is 24.3 Å². The molecule has 0 bridgehead atoms. The maximum atomic E-state index is 13.8. The van der Waals surface area contributed by atoms with Crippen LogP contribution in [0.4, 0.5) is 14.5 Å². The Balaban J connectivity index is 1.64. The maximum absolute atomic E-state index is 13.8. The van der Waals surface area contributed by atoms with Gasteiger partial charge in [-0.3, -0.25) is 14.5 Å². The summed E-state index contributed by atoms with van der Waals surface area (Å²) in [4.78, 5) is 27.1. The Bertz CT molecular complexity index is 854. The predicted octanol–water partition coefficient (Wildman–Crippen LogP) is 1.85. The Morgan fingerprint density at radius 2 is 1.68 bits per heavy atom. The summed E-state index contributed by atoms with van der Waals surface area (Å²) in [5, 5.41) is 8.59. The van der Waals surface area contributed by atoms with Crippen LogP contribution >= 0.6 is 0 Å². The molecule has 1 aliphatic heterocycles. The molecule has 0 unspecified atom stereocenters. The van der Waals surface area contributed by atoms with E-state index in [1.807, 2.05) is 0 Å². The van der Waals surface area contributed by atoms with E-state index in [1.165, 1.54) is 12.1 Å². The zero-order valence-electron chi connectivity index (χ0n) is 15.3.